The highest BCUT2D eigenvalue weighted by atomic mass is 32.2. The zero-order valence-electron chi connectivity index (χ0n) is 13.9. The number of carbonyl (C=O) groups is 1. The first-order chi connectivity index (χ1) is 12.0. The van der Waals surface area contributed by atoms with Gasteiger partial charge in [-0.15, -0.1) is 0 Å². The molecule has 132 valence electrons. The quantitative estimate of drug-likeness (QED) is 0.765. The van der Waals surface area contributed by atoms with Crippen LogP contribution in [0.15, 0.2) is 53.4 Å². The molecule has 0 fully saturated rings. The van der Waals surface area contributed by atoms with Crippen LogP contribution in [-0.2, 0) is 11.2 Å². The summed E-state index contributed by atoms with van der Waals surface area (Å²) in [6.45, 7) is 0.215. The maximum absolute atomic E-state index is 12.6. The second-order valence-electron chi connectivity index (χ2n) is 6.09. The van der Waals surface area contributed by atoms with Crippen molar-refractivity contribution in [3.63, 3.8) is 0 Å². The van der Waals surface area contributed by atoms with Crippen molar-refractivity contribution in [3.05, 3.63) is 59.7 Å². The van der Waals surface area contributed by atoms with Gasteiger partial charge in [0, 0.05) is 10.9 Å². The highest BCUT2D eigenvalue weighted by Crippen LogP contribution is 2.35. The lowest BCUT2D eigenvalue weighted by molar-refractivity contribution is -0.117. The van der Waals surface area contributed by atoms with Crippen molar-refractivity contribution in [3.8, 4) is 0 Å². The molecule has 3 rings (SSSR count). The minimum atomic E-state index is -2.52. The van der Waals surface area contributed by atoms with E-state index in [9.17, 15) is 13.6 Å². The van der Waals surface area contributed by atoms with Crippen molar-refractivity contribution in [1.29, 1.82) is 0 Å². The van der Waals surface area contributed by atoms with E-state index in [0.29, 0.717) is 22.3 Å². The number of rotatable bonds is 6. The number of para-hydroxylation sites is 1. The minimum absolute atomic E-state index is 0.200. The van der Waals surface area contributed by atoms with Crippen LogP contribution in [0.5, 0.6) is 0 Å². The zero-order chi connectivity index (χ0) is 17.8. The number of nitrogens with one attached hydrogen (secondary N) is 1. The number of carbonyl (C=O) groups excluding carboxylic acids is 1. The number of alkyl halides is 2. The SMILES string of the molecule is CN(CC(=O)Nc1ccccc1SC(F)F)C1CCc2ccccc21. The molecular formula is C19H20F2N2OS. The fourth-order valence-corrected chi connectivity index (χ4v) is 3.88. The van der Waals surface area contributed by atoms with Crippen LogP contribution < -0.4 is 5.32 Å². The summed E-state index contributed by atoms with van der Waals surface area (Å²) in [5.41, 5.74) is 3.03. The third-order valence-electron chi connectivity index (χ3n) is 4.40. The minimum Gasteiger partial charge on any atom is -0.324 e. The molecule has 6 heteroatoms. The van der Waals surface area contributed by atoms with E-state index in [-0.39, 0.29) is 18.5 Å². The average Bonchev–Trinajstić information content (AvgIpc) is 3.00. The average molecular weight is 362 g/mol. The standard InChI is InChI=1S/C19H20F2N2OS/c1-23(16-11-10-13-6-2-3-7-14(13)16)12-18(24)22-15-8-4-5-9-17(15)25-19(20)21/h2-9,16,19H,10-12H2,1H3,(H,22,24). The lowest BCUT2D eigenvalue weighted by Gasteiger charge is -2.24. The van der Waals surface area contributed by atoms with Crippen LogP contribution in [0.25, 0.3) is 0 Å². The number of amides is 1. The Kier molecular flexibility index (Phi) is 5.71. The second kappa shape index (κ2) is 7.97. The molecule has 1 atom stereocenters. The summed E-state index contributed by atoms with van der Waals surface area (Å²) in [6, 6.07) is 15.1. The molecule has 25 heavy (non-hydrogen) atoms. The topological polar surface area (TPSA) is 32.3 Å². The van der Waals surface area contributed by atoms with Crippen LogP contribution in [-0.4, -0.2) is 30.2 Å². The van der Waals surface area contributed by atoms with Crippen LogP contribution >= 0.6 is 11.8 Å². The van der Waals surface area contributed by atoms with E-state index in [1.54, 1.807) is 24.3 Å². The molecule has 0 saturated carbocycles. The maximum Gasteiger partial charge on any atom is 0.288 e. The van der Waals surface area contributed by atoms with Gasteiger partial charge in [-0.2, -0.15) is 8.78 Å². The smallest absolute Gasteiger partial charge is 0.288 e. The van der Waals surface area contributed by atoms with E-state index in [0.717, 1.165) is 12.8 Å². The lowest BCUT2D eigenvalue weighted by atomic mass is 10.1. The lowest BCUT2D eigenvalue weighted by Crippen LogP contribution is -2.32. The van der Waals surface area contributed by atoms with Crippen molar-refractivity contribution in [1.82, 2.24) is 4.90 Å². The largest absolute Gasteiger partial charge is 0.324 e. The van der Waals surface area contributed by atoms with Gasteiger partial charge in [0.25, 0.3) is 5.76 Å². The fraction of sp³-hybridized carbons (Fsp3) is 0.316. The van der Waals surface area contributed by atoms with Crippen molar-refractivity contribution in [2.75, 3.05) is 18.9 Å². The Morgan fingerprint density at radius 1 is 1.24 bits per heavy atom. The number of likely N-dealkylation sites (N-methyl/N-ethyl adjacent to an activating group) is 1. The van der Waals surface area contributed by atoms with Gasteiger partial charge in [-0.25, -0.2) is 0 Å². The maximum atomic E-state index is 12.6. The van der Waals surface area contributed by atoms with Crippen molar-refractivity contribution >= 4 is 23.4 Å². The Morgan fingerprint density at radius 3 is 2.76 bits per heavy atom. The number of aryl methyl sites for hydroxylation is 1. The van der Waals surface area contributed by atoms with Gasteiger partial charge in [-0.05, 0) is 43.1 Å². The fourth-order valence-electron chi connectivity index (χ4n) is 3.29. The third kappa shape index (κ3) is 4.38. The molecule has 2 aromatic rings. The third-order valence-corrected chi connectivity index (χ3v) is 5.19. The van der Waals surface area contributed by atoms with Crippen molar-refractivity contribution in [2.24, 2.45) is 0 Å². The summed E-state index contributed by atoms with van der Waals surface area (Å²) in [5.74, 6) is -2.72. The van der Waals surface area contributed by atoms with Crippen molar-refractivity contribution < 1.29 is 13.6 Å². The molecule has 0 heterocycles. The highest BCUT2D eigenvalue weighted by Gasteiger charge is 2.26. The number of halogens is 2. The molecule has 2 aromatic carbocycles. The van der Waals surface area contributed by atoms with E-state index in [1.807, 2.05) is 24.1 Å². The molecule has 1 N–H and O–H groups in total. The molecule has 0 bridgehead atoms. The monoisotopic (exact) mass is 362 g/mol. The molecule has 3 nitrogen and oxygen atoms in total. The number of hydrogen-bond donors (Lipinski definition) is 1. The van der Waals surface area contributed by atoms with Gasteiger partial charge >= 0.3 is 0 Å². The summed E-state index contributed by atoms with van der Waals surface area (Å²) in [4.78, 5) is 14.8. The normalized spacial score (nSPS) is 16.3. The van der Waals surface area contributed by atoms with Gasteiger partial charge in [-0.3, -0.25) is 9.69 Å². The van der Waals surface area contributed by atoms with Gasteiger partial charge < -0.3 is 5.32 Å². The summed E-state index contributed by atoms with van der Waals surface area (Å²) < 4.78 is 25.3. The number of benzene rings is 2. The van der Waals surface area contributed by atoms with E-state index in [4.69, 9.17) is 0 Å². The first kappa shape index (κ1) is 17.9. The first-order valence-corrected chi connectivity index (χ1v) is 9.04. The summed E-state index contributed by atoms with van der Waals surface area (Å²) >= 11 is 0.440. The van der Waals surface area contributed by atoms with Crippen LogP contribution in [0.2, 0.25) is 0 Å². The predicted octanol–water partition coefficient (Wildman–Crippen LogP) is 4.56. The molecule has 1 unspecified atom stereocenters. The number of hydrogen-bond acceptors (Lipinski definition) is 3. The van der Waals surface area contributed by atoms with Crippen LogP contribution in [0, 0.1) is 0 Å². The van der Waals surface area contributed by atoms with E-state index in [1.165, 1.54) is 11.1 Å². The van der Waals surface area contributed by atoms with Crippen LogP contribution in [0.4, 0.5) is 14.5 Å². The Balaban J connectivity index is 1.64. The molecule has 0 radical (unpaired) electrons. The molecule has 1 aliphatic rings. The van der Waals surface area contributed by atoms with E-state index >= 15 is 0 Å². The van der Waals surface area contributed by atoms with Crippen LogP contribution in [0.3, 0.4) is 0 Å². The van der Waals surface area contributed by atoms with Gasteiger partial charge in [0.15, 0.2) is 0 Å². The van der Waals surface area contributed by atoms with E-state index < -0.39 is 5.76 Å². The predicted molar refractivity (Wildman–Crippen MR) is 97.1 cm³/mol. The molecule has 0 aliphatic heterocycles. The molecule has 1 amide bonds. The summed E-state index contributed by atoms with van der Waals surface area (Å²) in [7, 11) is 1.92. The van der Waals surface area contributed by atoms with Gasteiger partial charge in [0.05, 0.1) is 12.2 Å². The Morgan fingerprint density at radius 2 is 1.96 bits per heavy atom. The highest BCUT2D eigenvalue weighted by molar-refractivity contribution is 7.99. The van der Waals surface area contributed by atoms with Gasteiger partial charge in [0.1, 0.15) is 0 Å². The second-order valence-corrected chi connectivity index (χ2v) is 7.12. The number of anilines is 1. The molecule has 0 saturated heterocycles. The van der Waals surface area contributed by atoms with Gasteiger partial charge in [-0.1, -0.05) is 48.2 Å². The zero-order valence-corrected chi connectivity index (χ0v) is 14.7. The number of fused-ring (bicyclic) bond motifs is 1. The van der Waals surface area contributed by atoms with E-state index in [2.05, 4.69) is 17.4 Å². The number of nitrogens with zero attached hydrogens (tertiary/aromatic N) is 1. The Bertz CT molecular complexity index is 754. The Labute approximate surface area is 150 Å². The van der Waals surface area contributed by atoms with Crippen LogP contribution in [0.1, 0.15) is 23.6 Å². The molecule has 0 spiro atoms. The molecule has 0 aromatic heterocycles. The van der Waals surface area contributed by atoms with Gasteiger partial charge in [0.2, 0.25) is 5.91 Å². The summed E-state index contributed by atoms with van der Waals surface area (Å²) in [6.07, 6.45) is 2.00. The molecular weight excluding hydrogens is 342 g/mol. The summed E-state index contributed by atoms with van der Waals surface area (Å²) in [5, 5.41) is 2.76. The molecule has 1 aliphatic carbocycles. The Hall–Kier alpha value is -1.92. The first-order valence-electron chi connectivity index (χ1n) is 8.16. The van der Waals surface area contributed by atoms with Crippen molar-refractivity contribution in [2.45, 2.75) is 29.5 Å². The number of thioether (sulfide) groups is 1.